The lowest BCUT2D eigenvalue weighted by molar-refractivity contribution is 0.404. The van der Waals surface area contributed by atoms with Crippen LogP contribution in [0.1, 0.15) is 18.7 Å². The Labute approximate surface area is 64.3 Å². The Morgan fingerprint density at radius 1 is 1.80 bits per heavy atom. The van der Waals surface area contributed by atoms with Crippen LogP contribution >= 0.6 is 11.6 Å². The number of halogens is 1. The molecule has 1 N–H and O–H groups in total. The van der Waals surface area contributed by atoms with Gasteiger partial charge in [0.1, 0.15) is 5.69 Å². The number of hydrogen-bond acceptors (Lipinski definition) is 3. The first kappa shape index (κ1) is 7.57. The molecule has 0 aliphatic heterocycles. The molecule has 3 nitrogen and oxygen atoms in total. The van der Waals surface area contributed by atoms with Gasteiger partial charge in [-0.2, -0.15) is 0 Å². The molecule has 1 heterocycles. The molecule has 0 aromatic carbocycles. The molecule has 0 aliphatic rings. The molecule has 1 rings (SSSR count). The zero-order valence-electron chi connectivity index (χ0n) is 5.89. The molecule has 0 saturated carbocycles. The van der Waals surface area contributed by atoms with Gasteiger partial charge in [0.2, 0.25) is 5.22 Å². The van der Waals surface area contributed by atoms with E-state index in [9.17, 15) is 0 Å². The van der Waals surface area contributed by atoms with E-state index in [1.54, 1.807) is 6.07 Å². The molecule has 0 saturated heterocycles. The second-order valence-corrected chi connectivity index (χ2v) is 2.44. The van der Waals surface area contributed by atoms with Crippen molar-refractivity contribution in [2.45, 2.75) is 13.0 Å². The molecular formula is C6H9ClN2O. The van der Waals surface area contributed by atoms with Crippen molar-refractivity contribution in [2.24, 2.45) is 0 Å². The molecule has 1 atom stereocenters. The Hall–Kier alpha value is -0.540. The van der Waals surface area contributed by atoms with E-state index in [4.69, 9.17) is 11.6 Å². The van der Waals surface area contributed by atoms with Gasteiger partial charge in [0.15, 0.2) is 0 Å². The summed E-state index contributed by atoms with van der Waals surface area (Å²) in [5.74, 6) is 0. The smallest absolute Gasteiger partial charge is 0.226 e. The first-order chi connectivity index (χ1) is 4.74. The van der Waals surface area contributed by atoms with Gasteiger partial charge < -0.3 is 9.84 Å². The maximum atomic E-state index is 5.50. The molecule has 0 spiro atoms. The summed E-state index contributed by atoms with van der Waals surface area (Å²) >= 11 is 5.50. The fourth-order valence-electron chi connectivity index (χ4n) is 0.617. The largest absolute Gasteiger partial charge is 0.344 e. The summed E-state index contributed by atoms with van der Waals surface area (Å²) in [5, 5.41) is 7.06. The van der Waals surface area contributed by atoms with Crippen molar-refractivity contribution in [2.75, 3.05) is 7.05 Å². The zero-order valence-corrected chi connectivity index (χ0v) is 6.64. The fourth-order valence-corrected chi connectivity index (χ4v) is 0.764. The van der Waals surface area contributed by atoms with Crippen molar-refractivity contribution in [1.82, 2.24) is 10.5 Å². The highest BCUT2D eigenvalue weighted by molar-refractivity contribution is 6.28. The normalized spacial score (nSPS) is 13.5. The van der Waals surface area contributed by atoms with E-state index < -0.39 is 0 Å². The van der Waals surface area contributed by atoms with E-state index in [1.807, 2.05) is 14.0 Å². The van der Waals surface area contributed by atoms with Gasteiger partial charge >= 0.3 is 0 Å². The van der Waals surface area contributed by atoms with E-state index in [2.05, 4.69) is 15.0 Å². The molecule has 0 aliphatic carbocycles. The molecule has 1 aromatic heterocycles. The summed E-state index contributed by atoms with van der Waals surface area (Å²) in [7, 11) is 1.85. The van der Waals surface area contributed by atoms with Crippen LogP contribution in [0.4, 0.5) is 0 Å². The fraction of sp³-hybridized carbons (Fsp3) is 0.500. The highest BCUT2D eigenvalue weighted by atomic mass is 35.5. The summed E-state index contributed by atoms with van der Waals surface area (Å²) in [4.78, 5) is 0. The monoisotopic (exact) mass is 160 g/mol. The van der Waals surface area contributed by atoms with Crippen molar-refractivity contribution in [3.63, 3.8) is 0 Å². The maximum absolute atomic E-state index is 5.50. The Morgan fingerprint density at radius 3 is 2.90 bits per heavy atom. The maximum Gasteiger partial charge on any atom is 0.226 e. The van der Waals surface area contributed by atoms with Crippen LogP contribution in [0.25, 0.3) is 0 Å². The van der Waals surface area contributed by atoms with Crippen molar-refractivity contribution in [3.8, 4) is 0 Å². The summed E-state index contributed by atoms with van der Waals surface area (Å²) in [5.41, 5.74) is 0.826. The quantitative estimate of drug-likeness (QED) is 0.715. The molecule has 4 heteroatoms. The van der Waals surface area contributed by atoms with Crippen molar-refractivity contribution in [3.05, 3.63) is 17.0 Å². The highest BCUT2D eigenvalue weighted by Gasteiger charge is 2.07. The minimum atomic E-state index is 0.191. The number of rotatable bonds is 2. The third-order valence-corrected chi connectivity index (χ3v) is 1.55. The van der Waals surface area contributed by atoms with Gasteiger partial charge in [-0.1, -0.05) is 5.16 Å². The van der Waals surface area contributed by atoms with Crippen LogP contribution in [0.15, 0.2) is 10.6 Å². The Bertz CT molecular complexity index is 211. The predicted octanol–water partition coefficient (Wildman–Crippen LogP) is 1.61. The van der Waals surface area contributed by atoms with Crippen molar-refractivity contribution >= 4 is 11.6 Å². The third kappa shape index (κ3) is 1.49. The molecule has 0 amide bonds. The molecule has 0 radical (unpaired) electrons. The van der Waals surface area contributed by atoms with Gasteiger partial charge in [0.05, 0.1) is 0 Å². The van der Waals surface area contributed by atoms with Gasteiger partial charge in [-0.25, -0.2) is 0 Å². The summed E-state index contributed by atoms with van der Waals surface area (Å²) in [6, 6.07) is 1.89. The van der Waals surface area contributed by atoms with E-state index >= 15 is 0 Å². The highest BCUT2D eigenvalue weighted by Crippen LogP contribution is 2.15. The Balaban J connectivity index is 2.74. The van der Waals surface area contributed by atoms with Gasteiger partial charge in [0.25, 0.3) is 0 Å². The first-order valence-corrected chi connectivity index (χ1v) is 3.41. The second-order valence-electron chi connectivity index (χ2n) is 2.07. The van der Waals surface area contributed by atoms with Crippen molar-refractivity contribution in [1.29, 1.82) is 0 Å². The number of nitrogens with zero attached hydrogens (tertiary/aromatic N) is 1. The number of hydrogen-bond donors (Lipinski definition) is 1. The van der Waals surface area contributed by atoms with Crippen molar-refractivity contribution < 1.29 is 4.52 Å². The molecule has 1 aromatic rings. The summed E-state index contributed by atoms with van der Waals surface area (Å²) in [6.07, 6.45) is 0. The topological polar surface area (TPSA) is 38.1 Å². The molecule has 0 fully saturated rings. The van der Waals surface area contributed by atoms with Crippen LogP contribution in [-0.2, 0) is 0 Å². The number of nitrogens with one attached hydrogen (secondary N) is 1. The lowest BCUT2D eigenvalue weighted by atomic mass is 10.2. The van der Waals surface area contributed by atoms with Crippen LogP contribution in [0.5, 0.6) is 0 Å². The average molecular weight is 161 g/mol. The van der Waals surface area contributed by atoms with E-state index in [-0.39, 0.29) is 6.04 Å². The lowest BCUT2D eigenvalue weighted by Crippen LogP contribution is -2.12. The van der Waals surface area contributed by atoms with Gasteiger partial charge in [-0.05, 0) is 25.6 Å². The SMILES string of the molecule is CNC(C)c1cc(Cl)on1. The van der Waals surface area contributed by atoms with E-state index in [0.29, 0.717) is 5.22 Å². The predicted molar refractivity (Wildman–Crippen MR) is 39.0 cm³/mol. The van der Waals surface area contributed by atoms with Gasteiger partial charge in [-0.15, -0.1) is 0 Å². The minimum Gasteiger partial charge on any atom is -0.344 e. The standard InChI is InChI=1S/C6H9ClN2O/c1-4(8-2)5-3-6(7)10-9-5/h3-4,8H,1-2H3. The summed E-state index contributed by atoms with van der Waals surface area (Å²) < 4.78 is 4.66. The minimum absolute atomic E-state index is 0.191. The van der Waals surface area contributed by atoms with Gasteiger partial charge in [0, 0.05) is 12.1 Å². The molecule has 1 unspecified atom stereocenters. The lowest BCUT2D eigenvalue weighted by Gasteiger charge is -2.02. The van der Waals surface area contributed by atoms with Gasteiger partial charge in [-0.3, -0.25) is 0 Å². The first-order valence-electron chi connectivity index (χ1n) is 3.03. The third-order valence-electron chi connectivity index (χ3n) is 1.38. The zero-order chi connectivity index (χ0) is 7.56. The van der Waals surface area contributed by atoms with Crippen LogP contribution in [0.2, 0.25) is 5.22 Å². The second kappa shape index (κ2) is 3.03. The van der Waals surface area contributed by atoms with Crippen LogP contribution < -0.4 is 5.32 Å². The summed E-state index contributed by atoms with van der Waals surface area (Å²) in [6.45, 7) is 1.98. The van der Waals surface area contributed by atoms with E-state index in [0.717, 1.165) is 5.69 Å². The molecular weight excluding hydrogens is 152 g/mol. The van der Waals surface area contributed by atoms with Crippen LogP contribution in [-0.4, -0.2) is 12.2 Å². The molecule has 10 heavy (non-hydrogen) atoms. The van der Waals surface area contributed by atoms with Crippen LogP contribution in [0, 0.1) is 0 Å². The number of aromatic nitrogens is 1. The molecule has 0 bridgehead atoms. The average Bonchev–Trinajstić information content (AvgIpc) is 2.34. The Kier molecular flexibility index (Phi) is 2.29. The Morgan fingerprint density at radius 2 is 2.50 bits per heavy atom. The molecule has 56 valence electrons. The van der Waals surface area contributed by atoms with Crippen LogP contribution in [0.3, 0.4) is 0 Å². The van der Waals surface area contributed by atoms with E-state index in [1.165, 1.54) is 0 Å².